The number of hydrogen-bond donors (Lipinski definition) is 0. The van der Waals surface area contributed by atoms with E-state index >= 15 is 0 Å². The molecular weight excluding hydrogens is 985 g/mol. The number of ether oxygens (including phenoxy) is 3. The molecule has 0 aromatic heterocycles. The molecule has 0 aliphatic rings. The lowest BCUT2D eigenvalue weighted by Crippen LogP contribution is -2.30. The van der Waals surface area contributed by atoms with Crippen LogP contribution in [0.25, 0.3) is 0 Å². The van der Waals surface area contributed by atoms with Crippen LogP contribution in [0.4, 0.5) is 0 Å². The van der Waals surface area contributed by atoms with Gasteiger partial charge in [-0.25, -0.2) is 0 Å². The van der Waals surface area contributed by atoms with Gasteiger partial charge in [-0.2, -0.15) is 0 Å². The van der Waals surface area contributed by atoms with E-state index in [1.807, 2.05) is 0 Å². The average molecular weight is 1120 g/mol. The summed E-state index contributed by atoms with van der Waals surface area (Å²) in [6.45, 7) is 6.54. The molecule has 462 valence electrons. The number of carbonyl (C=O) groups is 3. The lowest BCUT2D eigenvalue weighted by molar-refractivity contribution is -0.167. The molecule has 0 fully saturated rings. The maximum absolute atomic E-state index is 12.9. The first kappa shape index (κ1) is 76.6. The monoisotopic (exact) mass is 1110 g/mol. The van der Waals surface area contributed by atoms with Gasteiger partial charge in [0.15, 0.2) is 6.10 Å². The van der Waals surface area contributed by atoms with Crippen molar-refractivity contribution in [3.05, 3.63) is 85.1 Å². The molecule has 0 radical (unpaired) electrons. The van der Waals surface area contributed by atoms with Gasteiger partial charge in [-0.15, -0.1) is 0 Å². The molecule has 0 rings (SSSR count). The number of allylic oxidation sites excluding steroid dienone is 14. The second-order valence-corrected chi connectivity index (χ2v) is 23.1. The Balaban J connectivity index is 4.31. The third-order valence-corrected chi connectivity index (χ3v) is 15.1. The van der Waals surface area contributed by atoms with Gasteiger partial charge in [0.05, 0.1) is 0 Å². The van der Waals surface area contributed by atoms with Crippen molar-refractivity contribution in [1.82, 2.24) is 0 Å². The molecule has 1 atom stereocenters. The Morgan fingerprint density at radius 2 is 0.487 bits per heavy atom. The summed E-state index contributed by atoms with van der Waals surface area (Å²) in [5.74, 6) is -0.874. The Bertz CT molecular complexity index is 1520. The fourth-order valence-corrected chi connectivity index (χ4v) is 9.93. The summed E-state index contributed by atoms with van der Waals surface area (Å²) in [7, 11) is 0. The molecule has 0 amide bonds. The van der Waals surface area contributed by atoms with Gasteiger partial charge in [-0.1, -0.05) is 298 Å². The summed E-state index contributed by atoms with van der Waals surface area (Å²) in [4.78, 5) is 38.4. The third kappa shape index (κ3) is 65.4. The van der Waals surface area contributed by atoms with Crippen molar-refractivity contribution in [2.24, 2.45) is 0 Å². The van der Waals surface area contributed by atoms with E-state index < -0.39 is 6.10 Å². The first-order valence-corrected chi connectivity index (χ1v) is 34.6. The molecule has 0 saturated heterocycles. The lowest BCUT2D eigenvalue weighted by atomic mass is 10.0. The maximum Gasteiger partial charge on any atom is 0.306 e. The fraction of sp³-hybridized carbons (Fsp3) is 0.770. The number of esters is 3. The van der Waals surface area contributed by atoms with Gasteiger partial charge in [0.2, 0.25) is 0 Å². The molecule has 1 unspecified atom stereocenters. The number of hydrogen-bond acceptors (Lipinski definition) is 6. The largest absolute Gasteiger partial charge is 0.462 e. The van der Waals surface area contributed by atoms with Crippen molar-refractivity contribution in [2.45, 2.75) is 354 Å². The quantitative estimate of drug-likeness (QED) is 0.0261. The normalized spacial score (nSPS) is 12.6. The molecule has 0 spiro atoms. The van der Waals surface area contributed by atoms with Crippen molar-refractivity contribution in [3.8, 4) is 0 Å². The summed E-state index contributed by atoms with van der Waals surface area (Å²) >= 11 is 0. The molecule has 0 aliphatic carbocycles. The van der Waals surface area contributed by atoms with Crippen molar-refractivity contribution in [1.29, 1.82) is 0 Å². The number of carbonyl (C=O) groups excluding carboxylic acids is 3. The van der Waals surface area contributed by atoms with Crippen molar-refractivity contribution < 1.29 is 28.6 Å². The second-order valence-electron chi connectivity index (χ2n) is 23.1. The highest BCUT2D eigenvalue weighted by molar-refractivity contribution is 5.71. The summed E-state index contributed by atoms with van der Waals surface area (Å²) < 4.78 is 17.0. The Morgan fingerprint density at radius 1 is 0.263 bits per heavy atom. The van der Waals surface area contributed by atoms with E-state index in [2.05, 4.69) is 106 Å². The highest BCUT2D eigenvalue weighted by Gasteiger charge is 2.19. The Morgan fingerprint density at radius 3 is 0.800 bits per heavy atom. The van der Waals surface area contributed by atoms with Crippen LogP contribution in [-0.4, -0.2) is 37.2 Å². The van der Waals surface area contributed by atoms with E-state index in [4.69, 9.17) is 14.2 Å². The van der Waals surface area contributed by atoms with Gasteiger partial charge in [-0.05, 0) is 116 Å². The van der Waals surface area contributed by atoms with E-state index in [9.17, 15) is 14.4 Å². The van der Waals surface area contributed by atoms with Gasteiger partial charge in [-0.3, -0.25) is 14.4 Å². The van der Waals surface area contributed by atoms with Gasteiger partial charge >= 0.3 is 17.9 Å². The number of rotatable bonds is 63. The SMILES string of the molecule is CC/C=C\C/C=C\C/C=C\C/C=C\CCCCCCCCCCCCCCCCC(=O)OCC(COC(=O)CCCCCCCCC/C=C\C/C=C\CCCCC)OC(=O)CCCCCCCCC/C=C\CCCCCCCCC. The zero-order chi connectivity index (χ0) is 57.8. The molecule has 0 aromatic carbocycles. The lowest BCUT2D eigenvalue weighted by Gasteiger charge is -2.18. The van der Waals surface area contributed by atoms with E-state index in [1.54, 1.807) is 0 Å². The van der Waals surface area contributed by atoms with Crippen molar-refractivity contribution in [3.63, 3.8) is 0 Å². The molecule has 0 aromatic rings. The van der Waals surface area contributed by atoms with Crippen LogP contribution in [0.15, 0.2) is 85.1 Å². The van der Waals surface area contributed by atoms with Gasteiger partial charge in [0.25, 0.3) is 0 Å². The molecule has 0 bridgehead atoms. The molecule has 80 heavy (non-hydrogen) atoms. The predicted molar refractivity (Wildman–Crippen MR) is 348 cm³/mol. The minimum absolute atomic E-state index is 0.0786. The van der Waals surface area contributed by atoms with E-state index in [1.165, 1.54) is 212 Å². The number of unbranched alkanes of at least 4 members (excludes halogenated alkanes) is 38. The molecule has 0 aliphatic heterocycles. The maximum atomic E-state index is 12.9. The molecule has 6 nitrogen and oxygen atoms in total. The Hall–Kier alpha value is -3.41. The third-order valence-electron chi connectivity index (χ3n) is 15.1. The minimum Gasteiger partial charge on any atom is -0.462 e. The van der Waals surface area contributed by atoms with Crippen LogP contribution in [0.3, 0.4) is 0 Å². The summed E-state index contributed by atoms with van der Waals surface area (Å²) in [5, 5.41) is 0. The van der Waals surface area contributed by atoms with Gasteiger partial charge in [0, 0.05) is 19.3 Å². The average Bonchev–Trinajstić information content (AvgIpc) is 3.46. The van der Waals surface area contributed by atoms with Crippen LogP contribution in [0, 0.1) is 0 Å². The summed E-state index contributed by atoms with van der Waals surface area (Å²) in [5.41, 5.74) is 0. The van der Waals surface area contributed by atoms with E-state index in [0.717, 1.165) is 96.3 Å². The van der Waals surface area contributed by atoms with Gasteiger partial charge < -0.3 is 14.2 Å². The highest BCUT2D eigenvalue weighted by Crippen LogP contribution is 2.17. The zero-order valence-corrected chi connectivity index (χ0v) is 53.1. The smallest absolute Gasteiger partial charge is 0.306 e. The first-order chi connectivity index (χ1) is 39.5. The summed E-state index contributed by atoms with van der Waals surface area (Å²) in [6, 6.07) is 0. The standard InChI is InChI=1S/C74H130O6/c1-4-7-10-13-16-19-22-25-28-31-33-34-35-36-37-38-39-40-41-44-46-49-52-55-58-61-64-67-73(76)79-70-71(69-78-72(75)66-63-60-57-54-51-48-45-42-30-27-24-21-18-15-12-9-6-3)80-74(77)68-65-62-59-56-53-50-47-43-32-29-26-23-20-17-14-11-8-5-2/h7,10,16,18-19,21,25,27-30,32-34,71H,4-6,8-9,11-15,17,20,22-24,26,31,35-70H2,1-3H3/b10-7-,19-16-,21-18-,28-25-,30-27-,32-29-,34-33-. The molecule has 0 N–H and O–H groups in total. The van der Waals surface area contributed by atoms with Crippen molar-refractivity contribution in [2.75, 3.05) is 13.2 Å². The van der Waals surface area contributed by atoms with Crippen LogP contribution < -0.4 is 0 Å². The first-order valence-electron chi connectivity index (χ1n) is 34.6. The second kappa shape index (κ2) is 68.1. The highest BCUT2D eigenvalue weighted by atomic mass is 16.6. The van der Waals surface area contributed by atoms with Crippen LogP contribution in [-0.2, 0) is 28.6 Å². The van der Waals surface area contributed by atoms with Crippen LogP contribution in [0.2, 0.25) is 0 Å². The van der Waals surface area contributed by atoms with Crippen LogP contribution >= 0.6 is 0 Å². The minimum atomic E-state index is -0.783. The fourth-order valence-electron chi connectivity index (χ4n) is 9.93. The molecule has 6 heteroatoms. The van der Waals surface area contributed by atoms with E-state index in [0.29, 0.717) is 19.3 Å². The predicted octanol–water partition coefficient (Wildman–Crippen LogP) is 23.8. The summed E-state index contributed by atoms with van der Waals surface area (Å²) in [6.07, 6.45) is 90.2. The Kier molecular flexibility index (Phi) is 65.2. The topological polar surface area (TPSA) is 78.9 Å². The van der Waals surface area contributed by atoms with Crippen molar-refractivity contribution >= 4 is 17.9 Å². The van der Waals surface area contributed by atoms with E-state index in [-0.39, 0.29) is 31.1 Å². The Labute approximate surface area is 496 Å². The van der Waals surface area contributed by atoms with Gasteiger partial charge in [0.1, 0.15) is 13.2 Å². The van der Waals surface area contributed by atoms with Crippen LogP contribution in [0.1, 0.15) is 348 Å². The molecule has 0 heterocycles. The molecule has 0 saturated carbocycles. The zero-order valence-electron chi connectivity index (χ0n) is 53.1. The molecular formula is C74H130O6. The van der Waals surface area contributed by atoms with Crippen LogP contribution in [0.5, 0.6) is 0 Å².